The molecule has 1 N–H and O–H groups in total. The van der Waals surface area contributed by atoms with Crippen LogP contribution in [0.4, 0.5) is 0 Å². The van der Waals surface area contributed by atoms with Gasteiger partial charge in [0.15, 0.2) is 6.33 Å². The van der Waals surface area contributed by atoms with Crippen molar-refractivity contribution in [3.63, 3.8) is 0 Å². The standard InChI is InChI=1S/C49H64ClNO3S2.CH2N4/c1-3-5-7-9-10-11-12-13-15-17-25-39-33-35-42(36-34-39)56(52,53)54-38-45(49-51-47-31-23-24-32-48(47)55-49)44(40-26-19-16-20-27-40)37-41(28-18-14-8-6-4-2)43-29-21-22-30-46(43)50;1-2-4-5-3-1/h16,19-24,26-27,29-36,41,44-45H,3-15,17-18,25,28,37-38H2,1-2H3;1H,(H,2,3,4,5). The van der Waals surface area contributed by atoms with Crippen LogP contribution in [0, 0.1) is 0 Å². The number of fused-ring (bicyclic) bond motifs is 1. The van der Waals surface area contributed by atoms with E-state index in [1.807, 2.05) is 48.5 Å². The molecule has 0 saturated carbocycles. The van der Waals surface area contributed by atoms with Crippen LogP contribution in [0.5, 0.6) is 0 Å². The van der Waals surface area contributed by atoms with Gasteiger partial charge in [0.05, 0.1) is 26.7 Å². The minimum atomic E-state index is -4.02. The summed E-state index contributed by atoms with van der Waals surface area (Å²) < 4.78 is 35.0. The van der Waals surface area contributed by atoms with Crippen molar-refractivity contribution in [3.05, 3.63) is 136 Å². The van der Waals surface area contributed by atoms with Crippen LogP contribution in [0.15, 0.2) is 114 Å². The summed E-state index contributed by atoms with van der Waals surface area (Å²) in [5.74, 6) is -0.176. The predicted molar refractivity (Wildman–Crippen MR) is 253 cm³/mol. The van der Waals surface area contributed by atoms with E-state index in [1.54, 1.807) is 23.5 Å². The zero-order valence-electron chi connectivity index (χ0n) is 36.3. The lowest BCUT2D eigenvalue weighted by Gasteiger charge is -2.30. The summed E-state index contributed by atoms with van der Waals surface area (Å²) in [6.07, 6.45) is 23.1. The van der Waals surface area contributed by atoms with Crippen LogP contribution in [0.2, 0.25) is 5.02 Å². The van der Waals surface area contributed by atoms with Crippen molar-refractivity contribution in [3.8, 4) is 0 Å². The third-order valence-corrected chi connectivity index (χ3v) is 14.4. The number of para-hydroxylation sites is 1. The van der Waals surface area contributed by atoms with Crippen molar-refractivity contribution >= 4 is 43.3 Å². The molecule has 4 aromatic carbocycles. The molecule has 0 radical (unpaired) electrons. The quantitative estimate of drug-likeness (QED) is 0.0405. The molecule has 2 aromatic heterocycles. The van der Waals surface area contributed by atoms with Gasteiger partial charge in [-0.25, -0.2) is 4.98 Å². The second-order valence-electron chi connectivity index (χ2n) is 16.2. The molecule has 2 heterocycles. The Morgan fingerprint density at radius 3 is 1.93 bits per heavy atom. The fourth-order valence-electron chi connectivity index (χ4n) is 8.15. The van der Waals surface area contributed by atoms with Crippen LogP contribution in [-0.2, 0) is 20.7 Å². The van der Waals surface area contributed by atoms with E-state index in [4.69, 9.17) is 20.8 Å². The van der Waals surface area contributed by atoms with Gasteiger partial charge in [-0.15, -0.1) is 21.5 Å². The van der Waals surface area contributed by atoms with Gasteiger partial charge in [-0.05, 0) is 84.5 Å². The molecule has 6 rings (SSSR count). The highest BCUT2D eigenvalue weighted by molar-refractivity contribution is 7.86. The van der Waals surface area contributed by atoms with Crippen molar-refractivity contribution in [2.24, 2.45) is 0 Å². The summed E-state index contributed by atoms with van der Waals surface area (Å²) in [5, 5.41) is 13.8. The number of tetrazole rings is 1. The fraction of sp³-hybridized carbons (Fsp3) is 0.480. The van der Waals surface area contributed by atoms with E-state index >= 15 is 0 Å². The van der Waals surface area contributed by atoms with Crippen molar-refractivity contribution < 1.29 is 12.6 Å². The molecule has 0 bridgehead atoms. The summed E-state index contributed by atoms with van der Waals surface area (Å²) in [7, 11) is -4.02. The zero-order chi connectivity index (χ0) is 43.0. The first kappa shape index (κ1) is 48.1. The largest absolute Gasteiger partial charge is 0.296 e. The SMILES string of the molecule is CCCCCCCCCCCCc1ccc(S(=O)(=O)OCC(c2nc3ccccc3s2)C(CC(CCCCCCC)c2ccccc2Cl)c2ccccc2)cc1.c1nn[nH]n1. The van der Waals surface area contributed by atoms with E-state index in [1.165, 1.54) is 95.4 Å². The molecule has 0 aliphatic rings. The van der Waals surface area contributed by atoms with E-state index in [0.29, 0.717) is 0 Å². The summed E-state index contributed by atoms with van der Waals surface area (Å²) in [6, 6.07) is 34.2. The Bertz CT molecular complexity index is 2110. The number of unbranched alkanes of at least 4 members (excludes halogenated alkanes) is 13. The highest BCUT2D eigenvalue weighted by Gasteiger charge is 2.33. The lowest BCUT2D eigenvalue weighted by Crippen LogP contribution is -2.22. The molecule has 0 fully saturated rings. The topological polar surface area (TPSA) is 111 Å². The van der Waals surface area contributed by atoms with Gasteiger partial charge in [0.1, 0.15) is 0 Å². The summed E-state index contributed by atoms with van der Waals surface area (Å²) in [6.45, 7) is 4.50. The van der Waals surface area contributed by atoms with Crippen LogP contribution >= 0.6 is 22.9 Å². The number of nitrogens with one attached hydrogen (secondary N) is 1. The summed E-state index contributed by atoms with van der Waals surface area (Å²) >= 11 is 8.55. The number of rotatable bonds is 27. The molecule has 0 spiro atoms. The molecule has 3 unspecified atom stereocenters. The van der Waals surface area contributed by atoms with Crippen LogP contribution in [-0.4, -0.2) is 40.6 Å². The fourth-order valence-corrected chi connectivity index (χ4v) is 10.5. The van der Waals surface area contributed by atoms with Crippen LogP contribution in [0.3, 0.4) is 0 Å². The van der Waals surface area contributed by atoms with Crippen molar-refractivity contribution in [1.29, 1.82) is 0 Å². The average Bonchev–Trinajstić information content (AvgIpc) is 4.02. The second kappa shape index (κ2) is 27.2. The molecule has 328 valence electrons. The maximum Gasteiger partial charge on any atom is 0.296 e. The number of H-pyrrole nitrogens is 1. The highest BCUT2D eigenvalue weighted by atomic mass is 35.5. The lowest BCUT2D eigenvalue weighted by atomic mass is 9.76. The Kier molecular flexibility index (Phi) is 21.4. The smallest absolute Gasteiger partial charge is 0.266 e. The van der Waals surface area contributed by atoms with Gasteiger partial charge in [0, 0.05) is 10.9 Å². The second-order valence-corrected chi connectivity index (χ2v) is 19.3. The van der Waals surface area contributed by atoms with Gasteiger partial charge in [-0.2, -0.15) is 13.6 Å². The van der Waals surface area contributed by atoms with Crippen molar-refractivity contribution in [2.45, 2.75) is 152 Å². The van der Waals surface area contributed by atoms with Gasteiger partial charge in [0.2, 0.25) is 0 Å². The highest BCUT2D eigenvalue weighted by Crippen LogP contribution is 2.45. The number of hydrogen-bond acceptors (Lipinski definition) is 8. The van der Waals surface area contributed by atoms with Crippen molar-refractivity contribution in [1.82, 2.24) is 25.6 Å². The van der Waals surface area contributed by atoms with E-state index in [-0.39, 0.29) is 29.3 Å². The summed E-state index contributed by atoms with van der Waals surface area (Å²) in [5.41, 5.74) is 4.39. The van der Waals surface area contributed by atoms with E-state index in [9.17, 15) is 8.42 Å². The van der Waals surface area contributed by atoms with Gasteiger partial charge < -0.3 is 0 Å². The molecule has 6 aromatic rings. The molecular weight excluding hydrogens is 818 g/mol. The molecular formula is C50H66ClN5O3S2. The average molecular weight is 885 g/mol. The van der Waals surface area contributed by atoms with E-state index < -0.39 is 10.1 Å². The third-order valence-electron chi connectivity index (χ3n) is 11.6. The van der Waals surface area contributed by atoms with Crippen LogP contribution < -0.4 is 0 Å². The Hall–Kier alpha value is -3.96. The number of aromatic amines is 1. The van der Waals surface area contributed by atoms with Gasteiger partial charge in [-0.1, -0.05) is 193 Å². The maximum atomic E-state index is 13.9. The van der Waals surface area contributed by atoms with Crippen molar-refractivity contribution in [2.75, 3.05) is 6.61 Å². The Morgan fingerprint density at radius 1 is 0.689 bits per heavy atom. The van der Waals surface area contributed by atoms with Gasteiger partial charge in [-0.3, -0.25) is 4.18 Å². The molecule has 0 amide bonds. The van der Waals surface area contributed by atoms with Gasteiger partial charge in [0.25, 0.3) is 10.1 Å². The van der Waals surface area contributed by atoms with E-state index in [2.05, 4.69) is 76.9 Å². The number of halogens is 1. The van der Waals surface area contributed by atoms with Gasteiger partial charge >= 0.3 is 0 Å². The molecule has 61 heavy (non-hydrogen) atoms. The zero-order valence-corrected chi connectivity index (χ0v) is 38.7. The number of benzene rings is 4. The minimum Gasteiger partial charge on any atom is -0.266 e. The lowest BCUT2D eigenvalue weighted by molar-refractivity contribution is 0.264. The first-order valence-corrected chi connectivity index (χ1v) is 25.3. The molecule has 3 atom stereocenters. The predicted octanol–water partition coefficient (Wildman–Crippen LogP) is 14.4. The normalized spacial score (nSPS) is 13.1. The summed E-state index contributed by atoms with van der Waals surface area (Å²) in [4.78, 5) is 5.32. The molecule has 0 aliphatic carbocycles. The monoisotopic (exact) mass is 883 g/mol. The number of nitrogens with zero attached hydrogens (tertiary/aromatic N) is 4. The molecule has 11 heteroatoms. The Balaban J connectivity index is 0.00000131. The molecule has 0 saturated heterocycles. The van der Waals surface area contributed by atoms with E-state index in [0.717, 1.165) is 63.5 Å². The number of thiazole rings is 1. The van der Waals surface area contributed by atoms with Crippen LogP contribution in [0.1, 0.15) is 162 Å². The Morgan fingerprint density at radius 2 is 1.31 bits per heavy atom. The number of hydrogen-bond donors (Lipinski definition) is 1. The minimum absolute atomic E-state index is 0.00614. The maximum absolute atomic E-state index is 13.9. The first-order valence-electron chi connectivity index (χ1n) is 22.7. The van der Waals surface area contributed by atoms with Crippen LogP contribution in [0.25, 0.3) is 10.2 Å². The molecule has 8 nitrogen and oxygen atoms in total. The first-order chi connectivity index (χ1) is 29.9. The Labute approximate surface area is 374 Å². The number of aryl methyl sites for hydroxylation is 1. The molecule has 0 aliphatic heterocycles. The third kappa shape index (κ3) is 16.4. The number of aromatic nitrogens is 5.